The standard InChI is InChI=1S/C18H28BNO4/c1-13(2)16(21)20-11-12-22-15-9-7-14(8-10-15)19-23-17(3,4)18(5,6)24-19/h7-10,13H,11-12H2,1-6H3,(H,20,21). The Balaban J connectivity index is 1.85. The lowest BCUT2D eigenvalue weighted by Crippen LogP contribution is -2.41. The molecule has 1 heterocycles. The molecule has 6 heteroatoms. The summed E-state index contributed by atoms with van der Waals surface area (Å²) < 4.78 is 17.7. The van der Waals surface area contributed by atoms with Crippen LogP contribution in [0.2, 0.25) is 0 Å². The molecule has 0 aliphatic carbocycles. The first kappa shape index (κ1) is 18.8. The van der Waals surface area contributed by atoms with Crippen LogP contribution in [0.1, 0.15) is 41.5 Å². The zero-order chi connectivity index (χ0) is 18.0. The van der Waals surface area contributed by atoms with Crippen molar-refractivity contribution in [2.45, 2.75) is 52.7 Å². The first-order valence-corrected chi connectivity index (χ1v) is 8.48. The Kier molecular flexibility index (Phi) is 5.61. The van der Waals surface area contributed by atoms with E-state index < -0.39 is 0 Å². The Labute approximate surface area is 145 Å². The van der Waals surface area contributed by atoms with Gasteiger partial charge >= 0.3 is 7.12 Å². The highest BCUT2D eigenvalue weighted by Crippen LogP contribution is 2.36. The molecule has 0 radical (unpaired) electrons. The molecule has 5 nitrogen and oxygen atoms in total. The number of rotatable bonds is 6. The summed E-state index contributed by atoms with van der Waals surface area (Å²) in [6, 6.07) is 7.68. The lowest BCUT2D eigenvalue weighted by molar-refractivity contribution is -0.124. The number of ether oxygens (including phenoxy) is 1. The zero-order valence-corrected chi connectivity index (χ0v) is 15.5. The number of carbonyl (C=O) groups excluding carboxylic acids is 1. The number of carbonyl (C=O) groups is 1. The first-order valence-electron chi connectivity index (χ1n) is 8.48. The molecule has 1 N–H and O–H groups in total. The second-order valence-electron chi connectivity index (χ2n) is 7.45. The van der Waals surface area contributed by atoms with Crippen LogP contribution in [-0.4, -0.2) is 37.4 Å². The van der Waals surface area contributed by atoms with E-state index in [0.717, 1.165) is 11.2 Å². The normalized spacial score (nSPS) is 18.7. The Bertz CT molecular complexity index is 553. The summed E-state index contributed by atoms with van der Waals surface area (Å²) in [6.07, 6.45) is 0. The van der Waals surface area contributed by atoms with Crippen LogP contribution >= 0.6 is 0 Å². The summed E-state index contributed by atoms with van der Waals surface area (Å²) in [4.78, 5) is 11.5. The Morgan fingerprint density at radius 2 is 1.67 bits per heavy atom. The van der Waals surface area contributed by atoms with E-state index in [4.69, 9.17) is 14.0 Å². The fourth-order valence-corrected chi connectivity index (χ4v) is 2.25. The van der Waals surface area contributed by atoms with Crippen LogP contribution < -0.4 is 15.5 Å². The van der Waals surface area contributed by atoms with Gasteiger partial charge in [0.05, 0.1) is 17.7 Å². The van der Waals surface area contributed by atoms with Crippen LogP contribution in [0.25, 0.3) is 0 Å². The predicted octanol–water partition coefficient (Wildman–Crippen LogP) is 2.14. The quantitative estimate of drug-likeness (QED) is 0.640. The van der Waals surface area contributed by atoms with Gasteiger partial charge in [0.2, 0.25) is 5.91 Å². The third kappa shape index (κ3) is 4.30. The van der Waals surface area contributed by atoms with Crippen molar-refractivity contribution in [3.63, 3.8) is 0 Å². The summed E-state index contributed by atoms with van der Waals surface area (Å²) in [5.41, 5.74) is 0.275. The third-order valence-corrected chi connectivity index (χ3v) is 4.60. The van der Waals surface area contributed by atoms with Crippen molar-refractivity contribution in [2.24, 2.45) is 5.92 Å². The molecular formula is C18H28BNO4. The minimum absolute atomic E-state index is 0.0100. The van der Waals surface area contributed by atoms with Gasteiger partial charge in [-0.05, 0) is 45.3 Å². The Morgan fingerprint density at radius 1 is 1.12 bits per heavy atom. The van der Waals surface area contributed by atoms with Gasteiger partial charge in [-0.3, -0.25) is 4.79 Å². The molecule has 132 valence electrons. The SMILES string of the molecule is CC(C)C(=O)NCCOc1ccc(B2OC(C)(C)C(C)(C)O2)cc1. The molecule has 1 aromatic rings. The fourth-order valence-electron chi connectivity index (χ4n) is 2.25. The van der Waals surface area contributed by atoms with Crippen LogP contribution in [0.3, 0.4) is 0 Å². The average molecular weight is 333 g/mol. The number of hydrogen-bond donors (Lipinski definition) is 1. The largest absolute Gasteiger partial charge is 0.494 e. The van der Waals surface area contributed by atoms with Gasteiger partial charge in [-0.2, -0.15) is 0 Å². The van der Waals surface area contributed by atoms with Crippen molar-refractivity contribution in [3.8, 4) is 5.75 Å². The monoisotopic (exact) mass is 333 g/mol. The van der Waals surface area contributed by atoms with Gasteiger partial charge in [-0.1, -0.05) is 26.0 Å². The van der Waals surface area contributed by atoms with Crippen molar-refractivity contribution in [3.05, 3.63) is 24.3 Å². The molecule has 0 spiro atoms. The van der Waals surface area contributed by atoms with E-state index in [-0.39, 0.29) is 30.1 Å². The second-order valence-corrected chi connectivity index (χ2v) is 7.45. The molecule has 1 aliphatic heterocycles. The number of nitrogens with one attached hydrogen (secondary N) is 1. The van der Waals surface area contributed by atoms with Crippen molar-refractivity contribution in [1.29, 1.82) is 0 Å². The van der Waals surface area contributed by atoms with Gasteiger partial charge in [0.1, 0.15) is 12.4 Å². The maximum atomic E-state index is 11.5. The summed E-state index contributed by atoms with van der Waals surface area (Å²) in [5, 5.41) is 2.82. The minimum Gasteiger partial charge on any atom is -0.492 e. The van der Waals surface area contributed by atoms with Gasteiger partial charge in [-0.25, -0.2) is 0 Å². The smallest absolute Gasteiger partial charge is 0.492 e. The van der Waals surface area contributed by atoms with Crippen LogP contribution in [-0.2, 0) is 14.1 Å². The minimum atomic E-state index is -0.366. The molecule has 2 rings (SSSR count). The molecule has 1 aliphatic rings. The molecule has 1 aromatic carbocycles. The highest BCUT2D eigenvalue weighted by Gasteiger charge is 2.51. The van der Waals surface area contributed by atoms with E-state index in [1.54, 1.807) is 0 Å². The van der Waals surface area contributed by atoms with Gasteiger partial charge < -0.3 is 19.4 Å². The van der Waals surface area contributed by atoms with Crippen molar-refractivity contribution >= 4 is 18.5 Å². The zero-order valence-electron chi connectivity index (χ0n) is 15.5. The lowest BCUT2D eigenvalue weighted by atomic mass is 9.79. The molecule has 0 bridgehead atoms. The van der Waals surface area contributed by atoms with E-state index in [1.807, 2.05) is 65.8 Å². The topological polar surface area (TPSA) is 56.8 Å². The highest BCUT2D eigenvalue weighted by molar-refractivity contribution is 6.62. The molecule has 0 aromatic heterocycles. The molecule has 0 saturated carbocycles. The predicted molar refractivity (Wildman–Crippen MR) is 95.5 cm³/mol. The molecule has 0 atom stereocenters. The molecule has 1 fully saturated rings. The molecule has 0 unspecified atom stereocenters. The summed E-state index contributed by atoms with van der Waals surface area (Å²) in [5.74, 6) is 0.785. The average Bonchev–Trinajstić information content (AvgIpc) is 2.72. The fraction of sp³-hybridized carbons (Fsp3) is 0.611. The summed E-state index contributed by atoms with van der Waals surface area (Å²) >= 11 is 0. The molecule has 1 saturated heterocycles. The van der Waals surface area contributed by atoms with Crippen LogP contribution in [0.15, 0.2) is 24.3 Å². The highest BCUT2D eigenvalue weighted by atomic mass is 16.7. The van der Waals surface area contributed by atoms with Crippen molar-refractivity contribution in [1.82, 2.24) is 5.32 Å². The van der Waals surface area contributed by atoms with E-state index >= 15 is 0 Å². The van der Waals surface area contributed by atoms with E-state index in [2.05, 4.69) is 5.32 Å². The van der Waals surface area contributed by atoms with E-state index in [1.165, 1.54) is 0 Å². The summed E-state index contributed by atoms with van der Waals surface area (Å²) in [6.45, 7) is 12.8. The molecule has 1 amide bonds. The maximum Gasteiger partial charge on any atom is 0.494 e. The van der Waals surface area contributed by atoms with E-state index in [0.29, 0.717) is 13.2 Å². The Hall–Kier alpha value is -1.53. The Morgan fingerprint density at radius 3 is 2.17 bits per heavy atom. The molecular weight excluding hydrogens is 305 g/mol. The number of benzene rings is 1. The van der Waals surface area contributed by atoms with Crippen LogP contribution in [0, 0.1) is 5.92 Å². The molecule has 24 heavy (non-hydrogen) atoms. The first-order chi connectivity index (χ1) is 11.1. The van der Waals surface area contributed by atoms with E-state index in [9.17, 15) is 4.79 Å². The third-order valence-electron chi connectivity index (χ3n) is 4.60. The van der Waals surface area contributed by atoms with Gasteiger partial charge in [-0.15, -0.1) is 0 Å². The van der Waals surface area contributed by atoms with Crippen LogP contribution in [0.5, 0.6) is 5.75 Å². The van der Waals surface area contributed by atoms with Crippen molar-refractivity contribution in [2.75, 3.05) is 13.2 Å². The van der Waals surface area contributed by atoms with Gasteiger partial charge in [0.15, 0.2) is 0 Å². The van der Waals surface area contributed by atoms with Crippen LogP contribution in [0.4, 0.5) is 0 Å². The van der Waals surface area contributed by atoms with Gasteiger partial charge in [0, 0.05) is 5.92 Å². The lowest BCUT2D eigenvalue weighted by Gasteiger charge is -2.32. The maximum absolute atomic E-state index is 11.5. The van der Waals surface area contributed by atoms with Gasteiger partial charge in [0.25, 0.3) is 0 Å². The summed E-state index contributed by atoms with van der Waals surface area (Å²) in [7, 11) is -0.366. The second kappa shape index (κ2) is 7.15. The number of hydrogen-bond acceptors (Lipinski definition) is 4. The number of amides is 1. The van der Waals surface area contributed by atoms with Crippen molar-refractivity contribution < 1.29 is 18.8 Å².